The Morgan fingerprint density at radius 3 is 2.56 bits per heavy atom. The monoisotopic (exact) mass is 220 g/mol. The van der Waals surface area contributed by atoms with Crippen molar-refractivity contribution in [3.05, 3.63) is 29.8 Å². The fourth-order valence-corrected chi connectivity index (χ4v) is 1.82. The predicted molar refractivity (Wildman–Crippen MR) is 72.2 cm³/mol. The normalized spacial score (nSPS) is 10.8. The summed E-state index contributed by atoms with van der Waals surface area (Å²) in [6.07, 6.45) is 1.18. The molecule has 0 heterocycles. The summed E-state index contributed by atoms with van der Waals surface area (Å²) >= 11 is 0. The van der Waals surface area contributed by atoms with Crippen LogP contribution in [0.25, 0.3) is 0 Å². The molecule has 1 rings (SSSR count). The van der Waals surface area contributed by atoms with Crippen LogP contribution in [0, 0.1) is 6.92 Å². The Morgan fingerprint density at radius 2 is 1.94 bits per heavy atom. The van der Waals surface area contributed by atoms with Gasteiger partial charge in [-0.1, -0.05) is 32.0 Å². The lowest BCUT2D eigenvalue weighted by Crippen LogP contribution is -2.28. The molecule has 1 aromatic rings. The topological polar surface area (TPSA) is 15.3 Å². The number of para-hydroxylation sites is 1. The van der Waals surface area contributed by atoms with Crippen LogP contribution < -0.4 is 10.2 Å². The molecule has 16 heavy (non-hydrogen) atoms. The van der Waals surface area contributed by atoms with Gasteiger partial charge in [-0.3, -0.25) is 0 Å². The van der Waals surface area contributed by atoms with Gasteiger partial charge in [0.25, 0.3) is 0 Å². The molecule has 0 saturated heterocycles. The number of aryl methyl sites for hydroxylation is 1. The minimum atomic E-state index is 0.587. The van der Waals surface area contributed by atoms with Crippen LogP contribution in [0.1, 0.15) is 25.8 Å². The van der Waals surface area contributed by atoms with Crippen molar-refractivity contribution in [2.75, 3.05) is 25.0 Å². The van der Waals surface area contributed by atoms with E-state index >= 15 is 0 Å². The van der Waals surface area contributed by atoms with Crippen molar-refractivity contribution in [1.82, 2.24) is 5.32 Å². The molecular weight excluding hydrogens is 196 g/mol. The first kappa shape index (κ1) is 13.0. The van der Waals surface area contributed by atoms with E-state index in [2.05, 4.69) is 62.3 Å². The SMILES string of the molecule is Cc1ccccc1N(C)CCCNC(C)C. The molecule has 1 N–H and O–H groups in total. The van der Waals surface area contributed by atoms with E-state index in [9.17, 15) is 0 Å². The molecular formula is C14H24N2. The van der Waals surface area contributed by atoms with Gasteiger partial charge in [0.2, 0.25) is 0 Å². The highest BCUT2D eigenvalue weighted by Gasteiger charge is 2.02. The molecule has 0 fully saturated rings. The van der Waals surface area contributed by atoms with Gasteiger partial charge in [0.05, 0.1) is 0 Å². The summed E-state index contributed by atoms with van der Waals surface area (Å²) in [4.78, 5) is 2.33. The first-order chi connectivity index (χ1) is 7.61. The number of benzene rings is 1. The minimum absolute atomic E-state index is 0.587. The van der Waals surface area contributed by atoms with Crippen LogP contribution in [0.2, 0.25) is 0 Å². The van der Waals surface area contributed by atoms with Crippen LogP contribution in [-0.2, 0) is 0 Å². The third-order valence-electron chi connectivity index (χ3n) is 2.75. The average molecular weight is 220 g/mol. The van der Waals surface area contributed by atoms with E-state index < -0.39 is 0 Å². The molecule has 0 amide bonds. The van der Waals surface area contributed by atoms with Gasteiger partial charge in [-0.2, -0.15) is 0 Å². The van der Waals surface area contributed by atoms with E-state index in [0.29, 0.717) is 6.04 Å². The fourth-order valence-electron chi connectivity index (χ4n) is 1.82. The van der Waals surface area contributed by atoms with Crippen LogP contribution in [0.3, 0.4) is 0 Å². The molecule has 0 aliphatic heterocycles. The summed E-state index contributed by atoms with van der Waals surface area (Å²) in [5.74, 6) is 0. The Hall–Kier alpha value is -1.02. The predicted octanol–water partition coefficient (Wildman–Crippen LogP) is 2.82. The molecule has 0 radical (unpaired) electrons. The van der Waals surface area contributed by atoms with Crippen molar-refractivity contribution in [3.63, 3.8) is 0 Å². The molecule has 0 aromatic heterocycles. The van der Waals surface area contributed by atoms with Crippen LogP contribution in [-0.4, -0.2) is 26.2 Å². The number of nitrogens with zero attached hydrogens (tertiary/aromatic N) is 1. The lowest BCUT2D eigenvalue weighted by Gasteiger charge is -2.21. The van der Waals surface area contributed by atoms with Crippen LogP contribution >= 0.6 is 0 Å². The standard InChI is InChI=1S/C14H24N2/c1-12(2)15-10-7-11-16(4)14-9-6-5-8-13(14)3/h5-6,8-9,12,15H,7,10-11H2,1-4H3. The smallest absolute Gasteiger partial charge is 0.0393 e. The maximum Gasteiger partial charge on any atom is 0.0393 e. The number of hydrogen-bond donors (Lipinski definition) is 1. The van der Waals surface area contributed by atoms with E-state index in [4.69, 9.17) is 0 Å². The third-order valence-corrected chi connectivity index (χ3v) is 2.75. The minimum Gasteiger partial charge on any atom is -0.374 e. The number of nitrogens with one attached hydrogen (secondary N) is 1. The van der Waals surface area contributed by atoms with Crippen LogP contribution in [0.15, 0.2) is 24.3 Å². The van der Waals surface area contributed by atoms with Crippen molar-refractivity contribution in [1.29, 1.82) is 0 Å². The van der Waals surface area contributed by atoms with E-state index in [0.717, 1.165) is 13.1 Å². The zero-order valence-corrected chi connectivity index (χ0v) is 11.0. The molecule has 2 heteroatoms. The van der Waals surface area contributed by atoms with Gasteiger partial charge in [-0.25, -0.2) is 0 Å². The van der Waals surface area contributed by atoms with E-state index in [1.54, 1.807) is 0 Å². The summed E-state index contributed by atoms with van der Waals surface area (Å²) in [5, 5.41) is 3.44. The van der Waals surface area contributed by atoms with Crippen LogP contribution in [0.5, 0.6) is 0 Å². The lowest BCUT2D eigenvalue weighted by atomic mass is 10.2. The summed E-state index contributed by atoms with van der Waals surface area (Å²) in [7, 11) is 2.16. The van der Waals surface area contributed by atoms with E-state index in [1.807, 2.05) is 0 Å². The van der Waals surface area contributed by atoms with Gasteiger partial charge < -0.3 is 10.2 Å². The van der Waals surface area contributed by atoms with Crippen molar-refractivity contribution in [2.24, 2.45) is 0 Å². The first-order valence-corrected chi connectivity index (χ1v) is 6.11. The van der Waals surface area contributed by atoms with Crippen molar-refractivity contribution in [2.45, 2.75) is 33.2 Å². The second-order valence-corrected chi connectivity index (χ2v) is 4.67. The van der Waals surface area contributed by atoms with E-state index in [1.165, 1.54) is 17.7 Å². The summed E-state index contributed by atoms with van der Waals surface area (Å²) < 4.78 is 0. The fraction of sp³-hybridized carbons (Fsp3) is 0.571. The first-order valence-electron chi connectivity index (χ1n) is 6.11. The summed E-state index contributed by atoms with van der Waals surface area (Å²) in [5.41, 5.74) is 2.69. The Kier molecular flexibility index (Phi) is 5.33. The second kappa shape index (κ2) is 6.54. The van der Waals surface area contributed by atoms with Gasteiger partial charge in [0.1, 0.15) is 0 Å². The quantitative estimate of drug-likeness (QED) is 0.742. The maximum absolute atomic E-state index is 3.44. The Labute approximate surface area is 99.7 Å². The molecule has 90 valence electrons. The molecule has 0 aliphatic rings. The molecule has 0 spiro atoms. The zero-order valence-electron chi connectivity index (χ0n) is 11.0. The summed E-state index contributed by atoms with van der Waals surface area (Å²) in [6, 6.07) is 9.13. The lowest BCUT2D eigenvalue weighted by molar-refractivity contribution is 0.570. The molecule has 0 saturated carbocycles. The van der Waals surface area contributed by atoms with Crippen LogP contribution in [0.4, 0.5) is 5.69 Å². The van der Waals surface area contributed by atoms with E-state index in [-0.39, 0.29) is 0 Å². The Morgan fingerprint density at radius 1 is 1.25 bits per heavy atom. The van der Waals surface area contributed by atoms with Gasteiger partial charge in [-0.05, 0) is 31.5 Å². The Balaban J connectivity index is 2.35. The molecule has 0 bridgehead atoms. The molecule has 2 nitrogen and oxygen atoms in total. The van der Waals surface area contributed by atoms with Crippen molar-refractivity contribution >= 4 is 5.69 Å². The van der Waals surface area contributed by atoms with Crippen molar-refractivity contribution in [3.8, 4) is 0 Å². The molecule has 0 atom stereocenters. The highest BCUT2D eigenvalue weighted by Crippen LogP contribution is 2.17. The highest BCUT2D eigenvalue weighted by atomic mass is 15.1. The largest absolute Gasteiger partial charge is 0.374 e. The number of rotatable bonds is 6. The molecule has 1 aromatic carbocycles. The summed E-state index contributed by atoms with van der Waals surface area (Å²) in [6.45, 7) is 8.73. The Bertz CT molecular complexity index is 307. The third kappa shape index (κ3) is 4.23. The number of anilines is 1. The number of hydrogen-bond acceptors (Lipinski definition) is 2. The highest BCUT2D eigenvalue weighted by molar-refractivity contribution is 5.52. The van der Waals surface area contributed by atoms with Gasteiger partial charge >= 0.3 is 0 Å². The average Bonchev–Trinajstić information content (AvgIpc) is 2.24. The second-order valence-electron chi connectivity index (χ2n) is 4.67. The molecule has 0 unspecified atom stereocenters. The van der Waals surface area contributed by atoms with Gasteiger partial charge in [0, 0.05) is 25.3 Å². The van der Waals surface area contributed by atoms with Gasteiger partial charge in [-0.15, -0.1) is 0 Å². The zero-order chi connectivity index (χ0) is 12.0. The van der Waals surface area contributed by atoms with Crippen molar-refractivity contribution < 1.29 is 0 Å². The van der Waals surface area contributed by atoms with Gasteiger partial charge in [0.15, 0.2) is 0 Å². The maximum atomic E-state index is 3.44. The molecule has 0 aliphatic carbocycles.